The Labute approximate surface area is 110 Å². The van der Waals surface area contributed by atoms with Gasteiger partial charge in [-0.1, -0.05) is 20.8 Å². The van der Waals surface area contributed by atoms with Crippen molar-refractivity contribution in [1.29, 1.82) is 0 Å². The number of aryl methyl sites for hydroxylation is 1. The molecule has 2 rings (SSSR count). The Balaban J connectivity index is 2.71. The summed E-state index contributed by atoms with van der Waals surface area (Å²) in [5, 5.41) is 0.719. The summed E-state index contributed by atoms with van der Waals surface area (Å²) < 4.78 is 0. The molecular weight excluding hydrogens is 246 g/mol. The number of aromatic amines is 1. The van der Waals surface area contributed by atoms with Crippen LogP contribution in [-0.2, 0) is 11.8 Å². The van der Waals surface area contributed by atoms with Crippen LogP contribution in [0.2, 0.25) is 0 Å². The number of rotatable bonds is 2. The van der Waals surface area contributed by atoms with Crippen LogP contribution in [-0.4, -0.2) is 16.5 Å². The molecule has 3 N–H and O–H groups in total. The van der Waals surface area contributed by atoms with Crippen molar-refractivity contribution in [3.63, 3.8) is 0 Å². The Bertz CT molecular complexity index is 634. The molecule has 0 saturated heterocycles. The predicted molar refractivity (Wildman–Crippen MR) is 76.4 cm³/mol. The lowest BCUT2D eigenvalue weighted by molar-refractivity contribution is 0.546. The summed E-state index contributed by atoms with van der Waals surface area (Å²) in [4.78, 5) is 21.6. The van der Waals surface area contributed by atoms with E-state index in [0.29, 0.717) is 6.54 Å². The number of H-pyrrole nitrogens is 1. The van der Waals surface area contributed by atoms with Crippen molar-refractivity contribution >= 4 is 21.6 Å². The largest absolute Gasteiger partial charge is 0.330 e. The van der Waals surface area contributed by atoms with Gasteiger partial charge in [0.1, 0.15) is 10.7 Å². The van der Waals surface area contributed by atoms with Gasteiger partial charge in [-0.15, -0.1) is 11.3 Å². The first-order chi connectivity index (χ1) is 8.34. The van der Waals surface area contributed by atoms with E-state index in [1.54, 1.807) is 11.3 Å². The molecule has 18 heavy (non-hydrogen) atoms. The Morgan fingerprint density at radius 1 is 1.39 bits per heavy atom. The molecule has 2 aromatic rings. The lowest BCUT2D eigenvalue weighted by Gasteiger charge is -2.16. The molecule has 0 aromatic carbocycles. The Morgan fingerprint density at radius 3 is 2.61 bits per heavy atom. The molecule has 0 fully saturated rings. The molecule has 4 nitrogen and oxygen atoms in total. The minimum atomic E-state index is -0.153. The molecule has 0 aliphatic carbocycles. The number of fused-ring (bicyclic) bond motifs is 1. The standard InChI is InChI=1S/C13H19N3OS/c1-7-8(5-6-14)18-11-9(7)10(17)15-12(16-11)13(2,3)4/h5-6,14H2,1-4H3,(H,15,16,17). The van der Waals surface area contributed by atoms with Crippen molar-refractivity contribution in [2.75, 3.05) is 6.54 Å². The van der Waals surface area contributed by atoms with E-state index < -0.39 is 0 Å². The molecule has 2 aromatic heterocycles. The molecule has 5 heteroatoms. The summed E-state index contributed by atoms with van der Waals surface area (Å²) in [5.41, 5.74) is 6.42. The number of thiophene rings is 1. The highest BCUT2D eigenvalue weighted by atomic mass is 32.1. The van der Waals surface area contributed by atoms with E-state index >= 15 is 0 Å². The fraction of sp³-hybridized carbons (Fsp3) is 0.538. The first kappa shape index (κ1) is 13.2. The maximum absolute atomic E-state index is 12.2. The number of hydrogen-bond acceptors (Lipinski definition) is 4. The van der Waals surface area contributed by atoms with Crippen molar-refractivity contribution < 1.29 is 0 Å². The van der Waals surface area contributed by atoms with Crippen LogP contribution in [0.25, 0.3) is 10.2 Å². The predicted octanol–water partition coefficient (Wildman–Crippen LogP) is 2.09. The van der Waals surface area contributed by atoms with E-state index in [4.69, 9.17) is 5.73 Å². The van der Waals surface area contributed by atoms with Gasteiger partial charge in [0.05, 0.1) is 5.39 Å². The molecule has 2 heterocycles. The second kappa shape index (κ2) is 4.48. The van der Waals surface area contributed by atoms with Gasteiger partial charge < -0.3 is 10.7 Å². The van der Waals surface area contributed by atoms with Gasteiger partial charge in [-0.05, 0) is 25.5 Å². The van der Waals surface area contributed by atoms with Gasteiger partial charge in [0.2, 0.25) is 0 Å². The van der Waals surface area contributed by atoms with Crippen molar-refractivity contribution in [3.8, 4) is 0 Å². The highest BCUT2D eigenvalue weighted by Crippen LogP contribution is 2.28. The molecule has 0 aliphatic rings. The number of aromatic nitrogens is 2. The summed E-state index contributed by atoms with van der Waals surface area (Å²) >= 11 is 1.58. The maximum Gasteiger partial charge on any atom is 0.259 e. The van der Waals surface area contributed by atoms with Crippen molar-refractivity contribution in [3.05, 3.63) is 26.6 Å². The van der Waals surface area contributed by atoms with Crippen LogP contribution >= 0.6 is 11.3 Å². The second-order valence-electron chi connectivity index (χ2n) is 5.53. The SMILES string of the molecule is Cc1c(CCN)sc2nc(C(C)(C)C)[nH]c(=O)c12. The van der Waals surface area contributed by atoms with Gasteiger partial charge in [-0.2, -0.15) is 0 Å². The molecular formula is C13H19N3OS. The number of nitrogens with zero attached hydrogens (tertiary/aromatic N) is 1. The van der Waals surface area contributed by atoms with Gasteiger partial charge in [0, 0.05) is 10.3 Å². The summed E-state index contributed by atoms with van der Waals surface area (Å²) in [5.74, 6) is 0.737. The van der Waals surface area contributed by atoms with Crippen LogP contribution in [0.5, 0.6) is 0 Å². The van der Waals surface area contributed by atoms with E-state index in [0.717, 1.165) is 32.9 Å². The third-order valence-electron chi connectivity index (χ3n) is 2.98. The van der Waals surface area contributed by atoms with Crippen LogP contribution < -0.4 is 11.3 Å². The lowest BCUT2D eigenvalue weighted by Crippen LogP contribution is -2.21. The van der Waals surface area contributed by atoms with Gasteiger partial charge in [0.25, 0.3) is 5.56 Å². The minimum Gasteiger partial charge on any atom is -0.330 e. The van der Waals surface area contributed by atoms with E-state index in [9.17, 15) is 4.79 Å². The second-order valence-corrected chi connectivity index (χ2v) is 6.62. The summed E-state index contributed by atoms with van der Waals surface area (Å²) in [6.07, 6.45) is 0.803. The topological polar surface area (TPSA) is 71.8 Å². The Morgan fingerprint density at radius 2 is 2.06 bits per heavy atom. The molecule has 0 aliphatic heterocycles. The fourth-order valence-corrected chi connectivity index (χ4v) is 3.11. The van der Waals surface area contributed by atoms with Gasteiger partial charge in [0.15, 0.2) is 0 Å². The molecule has 0 spiro atoms. The van der Waals surface area contributed by atoms with Crippen LogP contribution in [0.15, 0.2) is 4.79 Å². The Hall–Kier alpha value is -1.20. The van der Waals surface area contributed by atoms with Crippen molar-refractivity contribution in [1.82, 2.24) is 9.97 Å². The smallest absolute Gasteiger partial charge is 0.259 e. The minimum absolute atomic E-state index is 0.0399. The van der Waals surface area contributed by atoms with Crippen LogP contribution in [0.3, 0.4) is 0 Å². The zero-order valence-corrected chi connectivity index (χ0v) is 12.1. The molecule has 0 saturated carbocycles. The average Bonchev–Trinajstić information content (AvgIpc) is 2.55. The van der Waals surface area contributed by atoms with Gasteiger partial charge >= 0.3 is 0 Å². The third kappa shape index (κ3) is 2.20. The van der Waals surface area contributed by atoms with Crippen LogP contribution in [0, 0.1) is 6.92 Å². The maximum atomic E-state index is 12.2. The summed E-state index contributed by atoms with van der Waals surface area (Å²) in [6, 6.07) is 0. The fourth-order valence-electron chi connectivity index (χ4n) is 1.91. The quantitative estimate of drug-likeness (QED) is 0.873. The highest BCUT2D eigenvalue weighted by Gasteiger charge is 2.20. The third-order valence-corrected chi connectivity index (χ3v) is 4.23. The molecule has 0 radical (unpaired) electrons. The molecule has 0 unspecified atom stereocenters. The first-order valence-corrected chi connectivity index (χ1v) is 6.89. The first-order valence-electron chi connectivity index (χ1n) is 6.07. The van der Waals surface area contributed by atoms with Crippen LogP contribution in [0.4, 0.5) is 0 Å². The van der Waals surface area contributed by atoms with E-state index in [-0.39, 0.29) is 11.0 Å². The Kier molecular flexibility index (Phi) is 3.29. The number of nitrogens with one attached hydrogen (secondary N) is 1. The van der Waals surface area contributed by atoms with E-state index in [2.05, 4.69) is 9.97 Å². The molecule has 98 valence electrons. The monoisotopic (exact) mass is 265 g/mol. The number of hydrogen-bond donors (Lipinski definition) is 2. The average molecular weight is 265 g/mol. The summed E-state index contributed by atoms with van der Waals surface area (Å²) in [6.45, 7) is 8.68. The lowest BCUT2D eigenvalue weighted by atomic mass is 9.96. The summed E-state index contributed by atoms with van der Waals surface area (Å²) in [7, 11) is 0. The van der Waals surface area contributed by atoms with E-state index in [1.807, 2.05) is 27.7 Å². The normalized spacial score (nSPS) is 12.3. The van der Waals surface area contributed by atoms with Gasteiger partial charge in [-0.3, -0.25) is 4.79 Å². The van der Waals surface area contributed by atoms with Crippen molar-refractivity contribution in [2.24, 2.45) is 5.73 Å². The molecule has 0 amide bonds. The van der Waals surface area contributed by atoms with E-state index in [1.165, 1.54) is 0 Å². The zero-order valence-electron chi connectivity index (χ0n) is 11.3. The highest BCUT2D eigenvalue weighted by molar-refractivity contribution is 7.18. The van der Waals surface area contributed by atoms with Crippen LogP contribution in [0.1, 0.15) is 37.0 Å². The molecule has 0 atom stereocenters. The zero-order chi connectivity index (χ0) is 13.5. The molecule has 0 bridgehead atoms. The van der Waals surface area contributed by atoms with Crippen molar-refractivity contribution in [2.45, 2.75) is 39.5 Å². The number of nitrogens with two attached hydrogens (primary N) is 1. The van der Waals surface area contributed by atoms with Gasteiger partial charge in [-0.25, -0.2) is 4.98 Å².